The zero-order valence-corrected chi connectivity index (χ0v) is 12.1. The zero-order valence-electron chi connectivity index (χ0n) is 12.1. The standard InChI is InChI=1S/C16H23N3O/c1-2-16(11-17)19-9-7-18(8-10-19)12-14-3-5-15(13-20)6-4-14/h3-6,16,20H,2,7-10,12-13H2,1H3. The van der Waals surface area contributed by atoms with Crippen molar-refractivity contribution < 1.29 is 5.11 Å². The highest BCUT2D eigenvalue weighted by molar-refractivity contribution is 5.21. The molecule has 0 amide bonds. The van der Waals surface area contributed by atoms with Crippen molar-refractivity contribution in [2.75, 3.05) is 26.2 Å². The third-order valence-corrected chi connectivity index (χ3v) is 4.00. The van der Waals surface area contributed by atoms with Crippen LogP contribution in [0.25, 0.3) is 0 Å². The lowest BCUT2D eigenvalue weighted by atomic mass is 10.1. The molecule has 0 aliphatic carbocycles. The van der Waals surface area contributed by atoms with E-state index < -0.39 is 0 Å². The van der Waals surface area contributed by atoms with E-state index in [0.29, 0.717) is 0 Å². The monoisotopic (exact) mass is 273 g/mol. The van der Waals surface area contributed by atoms with Crippen LogP contribution in [-0.2, 0) is 13.2 Å². The number of hydrogen-bond donors (Lipinski definition) is 1. The first-order valence-electron chi connectivity index (χ1n) is 7.31. The van der Waals surface area contributed by atoms with E-state index in [1.165, 1.54) is 5.56 Å². The van der Waals surface area contributed by atoms with Crippen LogP contribution in [0.5, 0.6) is 0 Å². The van der Waals surface area contributed by atoms with Crippen molar-refractivity contribution in [2.24, 2.45) is 0 Å². The van der Waals surface area contributed by atoms with Gasteiger partial charge in [0.05, 0.1) is 18.7 Å². The Balaban J connectivity index is 1.83. The number of hydrogen-bond acceptors (Lipinski definition) is 4. The second kappa shape index (κ2) is 7.39. The Morgan fingerprint density at radius 2 is 1.75 bits per heavy atom. The van der Waals surface area contributed by atoms with Gasteiger partial charge in [0.15, 0.2) is 0 Å². The first kappa shape index (κ1) is 15.0. The molecule has 1 aliphatic heterocycles. The lowest BCUT2D eigenvalue weighted by Gasteiger charge is -2.36. The van der Waals surface area contributed by atoms with Crippen LogP contribution in [0.4, 0.5) is 0 Å². The van der Waals surface area contributed by atoms with Gasteiger partial charge in [-0.25, -0.2) is 0 Å². The van der Waals surface area contributed by atoms with E-state index in [2.05, 4.69) is 34.9 Å². The molecular formula is C16H23N3O. The van der Waals surface area contributed by atoms with Gasteiger partial charge in [-0.1, -0.05) is 31.2 Å². The quantitative estimate of drug-likeness (QED) is 0.885. The molecule has 1 saturated heterocycles. The van der Waals surface area contributed by atoms with Gasteiger partial charge in [0, 0.05) is 32.7 Å². The summed E-state index contributed by atoms with van der Waals surface area (Å²) in [5, 5.41) is 18.1. The zero-order chi connectivity index (χ0) is 14.4. The summed E-state index contributed by atoms with van der Waals surface area (Å²) in [6, 6.07) is 10.6. The molecule has 0 radical (unpaired) electrons. The number of piperazine rings is 1. The molecule has 0 saturated carbocycles. The van der Waals surface area contributed by atoms with Crippen molar-refractivity contribution in [3.8, 4) is 6.07 Å². The molecule has 20 heavy (non-hydrogen) atoms. The lowest BCUT2D eigenvalue weighted by molar-refractivity contribution is 0.108. The molecule has 1 aliphatic rings. The fourth-order valence-electron chi connectivity index (χ4n) is 2.67. The van der Waals surface area contributed by atoms with Gasteiger partial charge >= 0.3 is 0 Å². The number of nitrogens with zero attached hydrogens (tertiary/aromatic N) is 3. The summed E-state index contributed by atoms with van der Waals surface area (Å²) >= 11 is 0. The Labute approximate surface area is 121 Å². The third kappa shape index (κ3) is 3.80. The summed E-state index contributed by atoms with van der Waals surface area (Å²) < 4.78 is 0. The third-order valence-electron chi connectivity index (χ3n) is 4.00. The van der Waals surface area contributed by atoms with Gasteiger partial charge in [-0.15, -0.1) is 0 Å². The first-order chi connectivity index (χ1) is 9.76. The molecule has 0 aromatic heterocycles. The maximum Gasteiger partial charge on any atom is 0.0976 e. The largest absolute Gasteiger partial charge is 0.392 e. The van der Waals surface area contributed by atoms with Crippen LogP contribution in [-0.4, -0.2) is 47.1 Å². The Hall–Kier alpha value is -1.41. The van der Waals surface area contributed by atoms with E-state index in [-0.39, 0.29) is 12.6 Å². The average molecular weight is 273 g/mol. The number of nitriles is 1. The molecule has 108 valence electrons. The second-order valence-electron chi connectivity index (χ2n) is 5.34. The van der Waals surface area contributed by atoms with Crippen LogP contribution in [0.3, 0.4) is 0 Å². The normalized spacial score (nSPS) is 18.6. The summed E-state index contributed by atoms with van der Waals surface area (Å²) in [4.78, 5) is 4.71. The summed E-state index contributed by atoms with van der Waals surface area (Å²) in [6.07, 6.45) is 0.902. The summed E-state index contributed by atoms with van der Waals surface area (Å²) in [5.41, 5.74) is 2.24. The van der Waals surface area contributed by atoms with Gasteiger partial charge in [0.25, 0.3) is 0 Å². The molecule has 2 rings (SSSR count). The molecule has 1 aromatic carbocycles. The van der Waals surface area contributed by atoms with Crippen LogP contribution in [0, 0.1) is 11.3 Å². The second-order valence-corrected chi connectivity index (χ2v) is 5.34. The number of aliphatic hydroxyl groups is 1. The topological polar surface area (TPSA) is 50.5 Å². The van der Waals surface area contributed by atoms with E-state index in [4.69, 9.17) is 10.4 Å². The molecule has 0 spiro atoms. The smallest absolute Gasteiger partial charge is 0.0976 e. The lowest BCUT2D eigenvalue weighted by Crippen LogP contribution is -2.49. The molecular weight excluding hydrogens is 250 g/mol. The minimum absolute atomic E-state index is 0.0704. The van der Waals surface area contributed by atoms with E-state index in [1.807, 2.05) is 12.1 Å². The summed E-state index contributed by atoms with van der Waals surface area (Å²) in [5.74, 6) is 0. The van der Waals surface area contributed by atoms with E-state index in [0.717, 1.165) is 44.7 Å². The maximum atomic E-state index is 9.10. The minimum atomic E-state index is 0.0704. The van der Waals surface area contributed by atoms with Crippen LogP contribution < -0.4 is 0 Å². The Bertz CT molecular complexity index is 444. The molecule has 4 nitrogen and oxygen atoms in total. The molecule has 1 heterocycles. The van der Waals surface area contributed by atoms with Crippen LogP contribution >= 0.6 is 0 Å². The fraction of sp³-hybridized carbons (Fsp3) is 0.562. The van der Waals surface area contributed by atoms with Gasteiger partial charge in [-0.05, 0) is 17.5 Å². The highest BCUT2D eigenvalue weighted by atomic mass is 16.3. The molecule has 1 aromatic rings. The summed E-state index contributed by atoms with van der Waals surface area (Å²) in [7, 11) is 0. The average Bonchev–Trinajstić information content (AvgIpc) is 2.51. The van der Waals surface area contributed by atoms with Crippen molar-refractivity contribution in [1.29, 1.82) is 5.26 Å². The molecule has 1 unspecified atom stereocenters. The molecule has 1 N–H and O–H groups in total. The van der Waals surface area contributed by atoms with Gasteiger partial charge in [-0.3, -0.25) is 9.80 Å². The number of benzene rings is 1. The number of rotatable bonds is 5. The van der Waals surface area contributed by atoms with Gasteiger partial charge in [0.2, 0.25) is 0 Å². The fourth-order valence-corrected chi connectivity index (χ4v) is 2.67. The summed E-state index contributed by atoms with van der Waals surface area (Å²) in [6.45, 7) is 7.10. The Morgan fingerprint density at radius 3 is 2.25 bits per heavy atom. The Morgan fingerprint density at radius 1 is 1.15 bits per heavy atom. The van der Waals surface area contributed by atoms with E-state index in [1.54, 1.807) is 0 Å². The highest BCUT2D eigenvalue weighted by Crippen LogP contribution is 2.12. The molecule has 1 atom stereocenters. The van der Waals surface area contributed by atoms with Crippen LogP contribution in [0.15, 0.2) is 24.3 Å². The molecule has 4 heteroatoms. The van der Waals surface area contributed by atoms with Crippen molar-refractivity contribution >= 4 is 0 Å². The SMILES string of the molecule is CCC(C#N)N1CCN(Cc2ccc(CO)cc2)CC1. The van der Waals surface area contributed by atoms with Crippen molar-refractivity contribution in [1.82, 2.24) is 9.80 Å². The Kier molecular flexibility index (Phi) is 5.54. The molecule has 1 fully saturated rings. The predicted octanol–water partition coefficient (Wildman–Crippen LogP) is 1.60. The van der Waals surface area contributed by atoms with Crippen LogP contribution in [0.1, 0.15) is 24.5 Å². The van der Waals surface area contributed by atoms with Gasteiger partial charge in [-0.2, -0.15) is 5.26 Å². The van der Waals surface area contributed by atoms with Crippen molar-refractivity contribution in [3.05, 3.63) is 35.4 Å². The van der Waals surface area contributed by atoms with Gasteiger partial charge in [0.1, 0.15) is 0 Å². The molecule has 0 bridgehead atoms. The van der Waals surface area contributed by atoms with Gasteiger partial charge < -0.3 is 5.11 Å². The minimum Gasteiger partial charge on any atom is -0.392 e. The maximum absolute atomic E-state index is 9.10. The number of aliphatic hydroxyl groups excluding tert-OH is 1. The first-order valence-corrected chi connectivity index (χ1v) is 7.31. The van der Waals surface area contributed by atoms with Crippen molar-refractivity contribution in [2.45, 2.75) is 32.5 Å². The van der Waals surface area contributed by atoms with Crippen molar-refractivity contribution in [3.63, 3.8) is 0 Å². The predicted molar refractivity (Wildman–Crippen MR) is 78.9 cm³/mol. The van der Waals surface area contributed by atoms with Crippen LogP contribution in [0.2, 0.25) is 0 Å². The van der Waals surface area contributed by atoms with E-state index in [9.17, 15) is 0 Å². The van der Waals surface area contributed by atoms with E-state index >= 15 is 0 Å². The highest BCUT2D eigenvalue weighted by Gasteiger charge is 2.22.